The van der Waals surface area contributed by atoms with Gasteiger partial charge in [-0.15, -0.1) is 0 Å². The summed E-state index contributed by atoms with van der Waals surface area (Å²) >= 11 is 1.77. The number of nitrogens with zero attached hydrogens (tertiary/aromatic N) is 1. The molecular weight excluding hydrogens is 180 g/mol. The molecule has 1 saturated heterocycles. The molecule has 3 heteroatoms. The highest BCUT2D eigenvalue weighted by Crippen LogP contribution is 2.14. The Bertz CT molecular complexity index is 245. The van der Waals surface area contributed by atoms with Gasteiger partial charge in [-0.05, 0) is 41.8 Å². The minimum atomic E-state index is 0.396. The van der Waals surface area contributed by atoms with Crippen molar-refractivity contribution in [3.8, 4) is 0 Å². The van der Waals surface area contributed by atoms with Crippen LogP contribution >= 0.6 is 11.3 Å². The first kappa shape index (κ1) is 9.19. The normalized spacial score (nSPS) is 24.8. The van der Waals surface area contributed by atoms with Crippen LogP contribution < -0.4 is 5.73 Å². The molecule has 72 valence electrons. The lowest BCUT2D eigenvalue weighted by Gasteiger charge is -2.30. The Hall–Kier alpha value is -0.380. The molecule has 1 aromatic heterocycles. The Morgan fingerprint density at radius 3 is 3.23 bits per heavy atom. The van der Waals surface area contributed by atoms with Crippen molar-refractivity contribution in [1.29, 1.82) is 0 Å². The predicted molar refractivity (Wildman–Crippen MR) is 56.8 cm³/mol. The second kappa shape index (κ2) is 4.22. The second-order valence-electron chi connectivity index (χ2n) is 3.77. The summed E-state index contributed by atoms with van der Waals surface area (Å²) < 4.78 is 0. The number of hydrogen-bond donors (Lipinski definition) is 1. The van der Waals surface area contributed by atoms with Gasteiger partial charge in [0.15, 0.2) is 0 Å². The molecule has 0 radical (unpaired) electrons. The maximum Gasteiger partial charge on any atom is 0.0242 e. The van der Waals surface area contributed by atoms with Gasteiger partial charge in [0.2, 0.25) is 0 Å². The average Bonchev–Trinajstić information content (AvgIpc) is 2.57. The van der Waals surface area contributed by atoms with Gasteiger partial charge in [0, 0.05) is 19.1 Å². The van der Waals surface area contributed by atoms with Gasteiger partial charge in [0.05, 0.1) is 0 Å². The molecule has 0 bridgehead atoms. The molecule has 0 unspecified atom stereocenters. The average molecular weight is 196 g/mol. The molecular formula is C10H16N2S. The summed E-state index contributed by atoms with van der Waals surface area (Å²) in [6.07, 6.45) is 2.45. The number of piperidine rings is 1. The molecule has 1 atom stereocenters. The van der Waals surface area contributed by atoms with Gasteiger partial charge in [-0.25, -0.2) is 0 Å². The molecule has 2 heterocycles. The number of hydrogen-bond acceptors (Lipinski definition) is 3. The van der Waals surface area contributed by atoms with E-state index in [-0.39, 0.29) is 0 Å². The fraction of sp³-hybridized carbons (Fsp3) is 0.600. The molecule has 1 fully saturated rings. The van der Waals surface area contributed by atoms with Crippen LogP contribution in [0, 0.1) is 0 Å². The van der Waals surface area contributed by atoms with Crippen molar-refractivity contribution in [2.45, 2.75) is 25.4 Å². The van der Waals surface area contributed by atoms with Gasteiger partial charge < -0.3 is 5.73 Å². The van der Waals surface area contributed by atoms with Gasteiger partial charge in [-0.1, -0.05) is 0 Å². The minimum absolute atomic E-state index is 0.396. The van der Waals surface area contributed by atoms with E-state index in [2.05, 4.69) is 21.7 Å². The lowest BCUT2D eigenvalue weighted by Crippen LogP contribution is -2.42. The Morgan fingerprint density at radius 2 is 2.54 bits per heavy atom. The van der Waals surface area contributed by atoms with E-state index < -0.39 is 0 Å². The zero-order valence-electron chi connectivity index (χ0n) is 7.78. The highest BCUT2D eigenvalue weighted by Gasteiger charge is 2.16. The quantitative estimate of drug-likeness (QED) is 0.779. The number of rotatable bonds is 2. The summed E-state index contributed by atoms with van der Waals surface area (Å²) in [6, 6.07) is 2.59. The molecule has 1 aliphatic heterocycles. The molecule has 1 aromatic rings. The summed E-state index contributed by atoms with van der Waals surface area (Å²) in [5.74, 6) is 0. The smallest absolute Gasteiger partial charge is 0.0242 e. The fourth-order valence-electron chi connectivity index (χ4n) is 1.88. The Labute approximate surface area is 83.4 Å². The third-order valence-corrected chi connectivity index (χ3v) is 3.26. The Kier molecular flexibility index (Phi) is 2.98. The van der Waals surface area contributed by atoms with Crippen molar-refractivity contribution < 1.29 is 0 Å². The summed E-state index contributed by atoms with van der Waals surface area (Å²) in [5.41, 5.74) is 7.34. The van der Waals surface area contributed by atoms with E-state index in [1.54, 1.807) is 11.3 Å². The molecule has 2 nitrogen and oxygen atoms in total. The highest BCUT2D eigenvalue weighted by atomic mass is 32.1. The summed E-state index contributed by atoms with van der Waals surface area (Å²) in [5, 5.41) is 4.36. The SMILES string of the molecule is N[C@@H]1CCCN(Cc2ccsc2)C1. The van der Waals surface area contributed by atoms with Crippen LogP contribution in [-0.4, -0.2) is 24.0 Å². The van der Waals surface area contributed by atoms with Crippen LogP contribution in [-0.2, 0) is 6.54 Å². The topological polar surface area (TPSA) is 29.3 Å². The lowest BCUT2D eigenvalue weighted by atomic mass is 10.1. The zero-order valence-corrected chi connectivity index (χ0v) is 8.59. The number of likely N-dealkylation sites (tertiary alicyclic amines) is 1. The third kappa shape index (κ3) is 2.53. The van der Waals surface area contributed by atoms with E-state index in [0.717, 1.165) is 13.1 Å². The van der Waals surface area contributed by atoms with Crippen molar-refractivity contribution in [2.75, 3.05) is 13.1 Å². The largest absolute Gasteiger partial charge is 0.327 e. The fourth-order valence-corrected chi connectivity index (χ4v) is 2.54. The van der Waals surface area contributed by atoms with Crippen LogP contribution in [0.4, 0.5) is 0 Å². The molecule has 0 aromatic carbocycles. The van der Waals surface area contributed by atoms with Gasteiger partial charge >= 0.3 is 0 Å². The summed E-state index contributed by atoms with van der Waals surface area (Å²) in [7, 11) is 0. The molecule has 1 aliphatic rings. The molecule has 0 aliphatic carbocycles. The van der Waals surface area contributed by atoms with Gasteiger partial charge in [0.1, 0.15) is 0 Å². The second-order valence-corrected chi connectivity index (χ2v) is 4.55. The van der Waals surface area contributed by atoms with Crippen molar-refractivity contribution in [3.63, 3.8) is 0 Å². The van der Waals surface area contributed by atoms with Crippen LogP contribution in [0.15, 0.2) is 16.8 Å². The monoisotopic (exact) mass is 196 g/mol. The first-order chi connectivity index (χ1) is 6.34. The van der Waals surface area contributed by atoms with E-state index in [1.165, 1.54) is 24.9 Å². The van der Waals surface area contributed by atoms with Crippen molar-refractivity contribution in [1.82, 2.24) is 4.90 Å². The highest BCUT2D eigenvalue weighted by molar-refractivity contribution is 7.07. The number of nitrogens with two attached hydrogens (primary N) is 1. The van der Waals surface area contributed by atoms with Crippen LogP contribution in [0.3, 0.4) is 0 Å². The van der Waals surface area contributed by atoms with E-state index >= 15 is 0 Å². The molecule has 2 rings (SSSR count). The maximum absolute atomic E-state index is 5.92. The maximum atomic E-state index is 5.92. The van der Waals surface area contributed by atoms with Gasteiger partial charge in [-0.3, -0.25) is 4.90 Å². The van der Waals surface area contributed by atoms with E-state index in [9.17, 15) is 0 Å². The van der Waals surface area contributed by atoms with Gasteiger partial charge in [-0.2, -0.15) is 11.3 Å². The summed E-state index contributed by atoms with van der Waals surface area (Å²) in [4.78, 5) is 2.45. The van der Waals surface area contributed by atoms with E-state index in [1.807, 2.05) is 0 Å². The first-order valence-corrected chi connectivity index (χ1v) is 5.78. The first-order valence-electron chi connectivity index (χ1n) is 4.83. The van der Waals surface area contributed by atoms with Crippen molar-refractivity contribution >= 4 is 11.3 Å². The van der Waals surface area contributed by atoms with Crippen LogP contribution in [0.1, 0.15) is 18.4 Å². The molecule has 13 heavy (non-hydrogen) atoms. The van der Waals surface area contributed by atoms with Crippen molar-refractivity contribution in [2.24, 2.45) is 5.73 Å². The standard InChI is InChI=1S/C10H16N2S/c11-10-2-1-4-12(7-10)6-9-3-5-13-8-9/h3,5,8,10H,1-2,4,6-7,11H2/t10-/m1/s1. The van der Waals surface area contributed by atoms with E-state index in [0.29, 0.717) is 6.04 Å². The van der Waals surface area contributed by atoms with E-state index in [4.69, 9.17) is 5.73 Å². The molecule has 0 spiro atoms. The van der Waals surface area contributed by atoms with Crippen molar-refractivity contribution in [3.05, 3.63) is 22.4 Å². The lowest BCUT2D eigenvalue weighted by molar-refractivity contribution is 0.202. The molecule has 0 saturated carbocycles. The summed E-state index contributed by atoms with van der Waals surface area (Å²) in [6.45, 7) is 3.36. The van der Waals surface area contributed by atoms with Crippen LogP contribution in [0.5, 0.6) is 0 Å². The third-order valence-electron chi connectivity index (χ3n) is 2.53. The minimum Gasteiger partial charge on any atom is -0.327 e. The van der Waals surface area contributed by atoms with Gasteiger partial charge in [0.25, 0.3) is 0 Å². The zero-order chi connectivity index (χ0) is 9.10. The number of thiophene rings is 1. The molecule has 2 N–H and O–H groups in total. The molecule has 0 amide bonds. The Balaban J connectivity index is 1.87. The predicted octanol–water partition coefficient (Wildman–Crippen LogP) is 1.67. The Morgan fingerprint density at radius 1 is 1.62 bits per heavy atom. The van der Waals surface area contributed by atoms with Crippen LogP contribution in [0.25, 0.3) is 0 Å². The van der Waals surface area contributed by atoms with Crippen LogP contribution in [0.2, 0.25) is 0 Å².